The van der Waals surface area contributed by atoms with Gasteiger partial charge < -0.3 is 14.2 Å². The highest BCUT2D eigenvalue weighted by atomic mass is 16.5. The van der Waals surface area contributed by atoms with E-state index in [4.69, 9.17) is 9.26 Å². The number of benzene rings is 1. The SMILES string of the molecule is CN1CCN(Cc2ccc(-c3nc(C4CCOC4)no3)cc2)CC1. The third-order valence-corrected chi connectivity index (χ3v) is 4.94. The minimum atomic E-state index is 0.277. The zero-order valence-corrected chi connectivity index (χ0v) is 14.1. The van der Waals surface area contributed by atoms with Crippen LogP contribution in [0.25, 0.3) is 11.5 Å². The molecule has 0 aliphatic carbocycles. The van der Waals surface area contributed by atoms with Crippen LogP contribution in [0.4, 0.5) is 0 Å². The molecule has 24 heavy (non-hydrogen) atoms. The van der Waals surface area contributed by atoms with E-state index in [1.807, 2.05) is 0 Å². The molecule has 0 saturated carbocycles. The fraction of sp³-hybridized carbons (Fsp3) is 0.556. The third-order valence-electron chi connectivity index (χ3n) is 4.94. The first-order valence-electron chi connectivity index (χ1n) is 8.69. The molecular weight excluding hydrogens is 304 g/mol. The van der Waals surface area contributed by atoms with E-state index in [-0.39, 0.29) is 5.92 Å². The van der Waals surface area contributed by atoms with Crippen LogP contribution in [0.3, 0.4) is 0 Å². The molecule has 3 heterocycles. The Morgan fingerprint density at radius 1 is 1.12 bits per heavy atom. The second kappa shape index (κ2) is 7.01. The summed E-state index contributed by atoms with van der Waals surface area (Å²) in [6.45, 7) is 7.05. The van der Waals surface area contributed by atoms with Crippen LogP contribution in [0.2, 0.25) is 0 Å². The van der Waals surface area contributed by atoms with Crippen LogP contribution in [0.5, 0.6) is 0 Å². The lowest BCUT2D eigenvalue weighted by Crippen LogP contribution is -2.43. The Bertz CT molecular complexity index is 656. The van der Waals surface area contributed by atoms with Crippen molar-refractivity contribution in [2.45, 2.75) is 18.9 Å². The van der Waals surface area contributed by atoms with Gasteiger partial charge in [0.1, 0.15) is 0 Å². The van der Waals surface area contributed by atoms with Crippen molar-refractivity contribution in [3.05, 3.63) is 35.7 Å². The topological polar surface area (TPSA) is 54.6 Å². The van der Waals surface area contributed by atoms with E-state index in [2.05, 4.69) is 51.3 Å². The van der Waals surface area contributed by atoms with Crippen molar-refractivity contribution < 1.29 is 9.26 Å². The summed E-state index contributed by atoms with van der Waals surface area (Å²) in [5.74, 6) is 1.64. The summed E-state index contributed by atoms with van der Waals surface area (Å²) >= 11 is 0. The summed E-state index contributed by atoms with van der Waals surface area (Å²) in [5, 5.41) is 4.12. The van der Waals surface area contributed by atoms with Gasteiger partial charge in [-0.3, -0.25) is 4.90 Å². The summed E-state index contributed by atoms with van der Waals surface area (Å²) in [7, 11) is 2.18. The number of rotatable bonds is 4. The Hall–Kier alpha value is -1.76. The molecule has 6 nitrogen and oxygen atoms in total. The minimum Gasteiger partial charge on any atom is -0.381 e. The van der Waals surface area contributed by atoms with Gasteiger partial charge in [0.2, 0.25) is 0 Å². The molecule has 2 aliphatic rings. The fourth-order valence-electron chi connectivity index (χ4n) is 3.27. The first-order chi connectivity index (χ1) is 11.8. The monoisotopic (exact) mass is 328 g/mol. The maximum Gasteiger partial charge on any atom is 0.257 e. The number of hydrogen-bond donors (Lipinski definition) is 0. The number of likely N-dealkylation sites (N-methyl/N-ethyl adjacent to an activating group) is 1. The molecule has 128 valence electrons. The average Bonchev–Trinajstić information content (AvgIpc) is 3.29. The number of hydrogen-bond acceptors (Lipinski definition) is 6. The van der Waals surface area contributed by atoms with E-state index < -0.39 is 0 Å². The van der Waals surface area contributed by atoms with Gasteiger partial charge in [0.25, 0.3) is 5.89 Å². The summed E-state index contributed by atoms with van der Waals surface area (Å²) in [5.41, 5.74) is 2.31. The molecule has 0 radical (unpaired) electrons. The molecule has 2 saturated heterocycles. The van der Waals surface area contributed by atoms with Crippen LogP contribution in [0.1, 0.15) is 23.7 Å². The Morgan fingerprint density at radius 3 is 2.62 bits per heavy atom. The van der Waals surface area contributed by atoms with E-state index >= 15 is 0 Å². The van der Waals surface area contributed by atoms with Gasteiger partial charge in [-0.15, -0.1) is 0 Å². The zero-order valence-electron chi connectivity index (χ0n) is 14.1. The van der Waals surface area contributed by atoms with Gasteiger partial charge in [-0.25, -0.2) is 0 Å². The van der Waals surface area contributed by atoms with Gasteiger partial charge in [-0.1, -0.05) is 17.3 Å². The second-order valence-corrected chi connectivity index (χ2v) is 6.79. The standard InChI is InChI=1S/C18H24N4O2/c1-21-7-9-22(10-8-21)12-14-2-4-15(5-3-14)18-19-17(20-24-18)16-6-11-23-13-16/h2-5,16H,6-13H2,1H3. The molecule has 4 rings (SSSR count). The van der Waals surface area contributed by atoms with Crippen LogP contribution >= 0.6 is 0 Å². The molecule has 2 fully saturated rings. The van der Waals surface area contributed by atoms with E-state index in [9.17, 15) is 0 Å². The molecule has 1 atom stereocenters. The first kappa shape index (κ1) is 15.7. The summed E-state index contributed by atoms with van der Waals surface area (Å²) in [6.07, 6.45) is 0.975. The van der Waals surface area contributed by atoms with Crippen LogP contribution in [-0.2, 0) is 11.3 Å². The van der Waals surface area contributed by atoms with Crippen LogP contribution in [0, 0.1) is 0 Å². The van der Waals surface area contributed by atoms with Crippen molar-refractivity contribution in [2.75, 3.05) is 46.4 Å². The normalized spacial score (nSPS) is 23.0. The predicted octanol–water partition coefficient (Wildman–Crippen LogP) is 1.99. The van der Waals surface area contributed by atoms with Crippen LogP contribution in [0.15, 0.2) is 28.8 Å². The number of nitrogens with zero attached hydrogens (tertiary/aromatic N) is 4. The van der Waals surface area contributed by atoms with Gasteiger partial charge >= 0.3 is 0 Å². The average molecular weight is 328 g/mol. The second-order valence-electron chi connectivity index (χ2n) is 6.79. The highest BCUT2D eigenvalue weighted by Crippen LogP contribution is 2.25. The summed E-state index contributed by atoms with van der Waals surface area (Å²) < 4.78 is 10.8. The smallest absolute Gasteiger partial charge is 0.257 e. The van der Waals surface area contributed by atoms with E-state index in [0.29, 0.717) is 12.5 Å². The molecule has 2 aliphatic heterocycles. The molecule has 0 N–H and O–H groups in total. The maximum atomic E-state index is 5.43. The number of aromatic nitrogens is 2. The van der Waals surface area contributed by atoms with Gasteiger partial charge in [0.05, 0.1) is 6.61 Å². The van der Waals surface area contributed by atoms with E-state index in [1.54, 1.807) is 0 Å². The molecule has 1 aromatic heterocycles. The van der Waals surface area contributed by atoms with Crippen molar-refractivity contribution in [2.24, 2.45) is 0 Å². The highest BCUT2D eigenvalue weighted by Gasteiger charge is 2.23. The molecule has 2 aromatic rings. The van der Waals surface area contributed by atoms with E-state index in [1.165, 1.54) is 5.56 Å². The molecule has 0 spiro atoms. The highest BCUT2D eigenvalue weighted by molar-refractivity contribution is 5.53. The van der Waals surface area contributed by atoms with Crippen LogP contribution in [-0.4, -0.2) is 66.4 Å². The Kier molecular flexibility index (Phi) is 4.60. The van der Waals surface area contributed by atoms with Gasteiger partial charge in [-0.05, 0) is 31.2 Å². The van der Waals surface area contributed by atoms with Crippen LogP contribution < -0.4 is 0 Å². The first-order valence-corrected chi connectivity index (χ1v) is 8.69. The lowest BCUT2D eigenvalue weighted by Gasteiger charge is -2.32. The predicted molar refractivity (Wildman–Crippen MR) is 90.7 cm³/mol. The quantitative estimate of drug-likeness (QED) is 0.855. The molecule has 0 amide bonds. The lowest BCUT2D eigenvalue weighted by atomic mass is 10.1. The number of piperazine rings is 1. The Morgan fingerprint density at radius 2 is 1.92 bits per heavy atom. The lowest BCUT2D eigenvalue weighted by molar-refractivity contribution is 0.148. The van der Waals surface area contributed by atoms with Crippen molar-refractivity contribution in [3.8, 4) is 11.5 Å². The fourth-order valence-corrected chi connectivity index (χ4v) is 3.27. The zero-order chi connectivity index (χ0) is 16.4. The largest absolute Gasteiger partial charge is 0.381 e. The Balaban J connectivity index is 1.40. The Labute approximate surface area is 142 Å². The molecular formula is C18H24N4O2. The molecule has 0 bridgehead atoms. The molecule has 1 aromatic carbocycles. The van der Waals surface area contributed by atoms with Gasteiger partial charge in [0, 0.05) is 50.8 Å². The molecule has 6 heteroatoms. The molecule has 1 unspecified atom stereocenters. The van der Waals surface area contributed by atoms with Gasteiger partial charge in [0.15, 0.2) is 5.82 Å². The summed E-state index contributed by atoms with van der Waals surface area (Å²) in [4.78, 5) is 9.42. The minimum absolute atomic E-state index is 0.277. The van der Waals surface area contributed by atoms with E-state index in [0.717, 1.165) is 57.1 Å². The van der Waals surface area contributed by atoms with Gasteiger partial charge in [-0.2, -0.15) is 4.98 Å². The maximum absolute atomic E-state index is 5.43. The number of ether oxygens (including phenoxy) is 1. The van der Waals surface area contributed by atoms with Crippen molar-refractivity contribution in [3.63, 3.8) is 0 Å². The van der Waals surface area contributed by atoms with Crippen molar-refractivity contribution in [1.29, 1.82) is 0 Å². The van der Waals surface area contributed by atoms with Crippen molar-refractivity contribution in [1.82, 2.24) is 19.9 Å². The summed E-state index contributed by atoms with van der Waals surface area (Å²) in [6, 6.07) is 8.48. The third kappa shape index (κ3) is 3.50. The van der Waals surface area contributed by atoms with Crippen molar-refractivity contribution >= 4 is 0 Å².